The van der Waals surface area contributed by atoms with Crippen LogP contribution in [0, 0.1) is 6.92 Å². The number of benzene rings is 3. The van der Waals surface area contributed by atoms with Crippen LogP contribution < -0.4 is 5.32 Å². The number of pyridine rings is 1. The average molecular weight is 517 g/mol. The Bertz CT molecular complexity index is 1770. The van der Waals surface area contributed by atoms with Gasteiger partial charge in [0.1, 0.15) is 21.9 Å². The number of hydrogen-bond donors (Lipinski definition) is 1. The van der Waals surface area contributed by atoms with Crippen LogP contribution in [0.1, 0.15) is 22.8 Å². The summed E-state index contributed by atoms with van der Waals surface area (Å²) in [7, 11) is 0. The van der Waals surface area contributed by atoms with Crippen LogP contribution in [-0.2, 0) is 4.74 Å². The van der Waals surface area contributed by atoms with Crippen LogP contribution in [0.5, 0.6) is 0 Å². The normalized spacial score (nSPS) is 11.1. The number of fused-ring (bicyclic) bond motifs is 3. The van der Waals surface area contributed by atoms with Crippen molar-refractivity contribution in [3.63, 3.8) is 0 Å². The van der Waals surface area contributed by atoms with Gasteiger partial charge in [0, 0.05) is 22.2 Å². The van der Waals surface area contributed by atoms with E-state index in [9.17, 15) is 4.79 Å². The fourth-order valence-electron chi connectivity index (χ4n) is 4.49. The topological polar surface area (TPSA) is 77.0 Å². The van der Waals surface area contributed by atoms with Gasteiger partial charge in [0.05, 0.1) is 16.8 Å². The number of anilines is 2. The Morgan fingerprint density at radius 2 is 1.58 bits per heavy atom. The Kier molecular flexibility index (Phi) is 6.27. The molecule has 0 amide bonds. The average Bonchev–Trinajstić information content (AvgIpc) is 3.32. The van der Waals surface area contributed by atoms with E-state index in [1.165, 1.54) is 11.3 Å². The lowest BCUT2D eigenvalue weighted by Gasteiger charge is -2.13. The molecule has 0 aliphatic carbocycles. The van der Waals surface area contributed by atoms with E-state index in [0.717, 1.165) is 54.1 Å². The van der Waals surface area contributed by atoms with Crippen molar-refractivity contribution in [2.45, 2.75) is 13.8 Å². The standard InChI is InChI=1S/C31H24N4O2S/c1-3-37-31(36)23-18-24-28(33-29(23)32-22-16-14-19(2)15-17-22)26-25(20-10-6-4-7-11-20)27(34-35-30(26)38-24)21-12-8-5-9-13-21/h4-18H,3H2,1-2H3,(H,32,33). The third kappa shape index (κ3) is 4.37. The van der Waals surface area contributed by atoms with Crippen LogP contribution in [0.2, 0.25) is 0 Å². The van der Waals surface area contributed by atoms with E-state index < -0.39 is 5.97 Å². The summed E-state index contributed by atoms with van der Waals surface area (Å²) in [6.45, 7) is 4.10. The smallest absolute Gasteiger partial charge is 0.341 e. The molecule has 0 fully saturated rings. The van der Waals surface area contributed by atoms with Crippen LogP contribution in [0.15, 0.2) is 91.0 Å². The fraction of sp³-hybridized carbons (Fsp3) is 0.0968. The summed E-state index contributed by atoms with van der Waals surface area (Å²) < 4.78 is 6.22. The molecule has 0 saturated carbocycles. The Balaban J connectivity index is 1.65. The maximum atomic E-state index is 13.0. The van der Waals surface area contributed by atoms with E-state index in [1.807, 2.05) is 85.8 Å². The second-order valence-corrected chi connectivity index (χ2v) is 9.91. The van der Waals surface area contributed by atoms with Crippen molar-refractivity contribution < 1.29 is 9.53 Å². The number of aryl methyl sites for hydroxylation is 1. The lowest BCUT2D eigenvalue weighted by atomic mass is 9.97. The highest BCUT2D eigenvalue weighted by Crippen LogP contribution is 2.43. The number of carbonyl (C=O) groups is 1. The molecule has 6 nitrogen and oxygen atoms in total. The molecule has 0 atom stereocenters. The number of ether oxygens (including phenoxy) is 1. The minimum atomic E-state index is -0.423. The molecular weight excluding hydrogens is 492 g/mol. The van der Waals surface area contributed by atoms with Gasteiger partial charge < -0.3 is 10.1 Å². The van der Waals surface area contributed by atoms with Gasteiger partial charge in [0.25, 0.3) is 0 Å². The molecule has 3 heterocycles. The number of thiophene rings is 1. The molecule has 3 aromatic heterocycles. The molecule has 6 rings (SSSR count). The van der Waals surface area contributed by atoms with Crippen molar-refractivity contribution in [2.24, 2.45) is 0 Å². The Labute approximate surface area is 224 Å². The first-order valence-electron chi connectivity index (χ1n) is 12.4. The molecule has 6 aromatic rings. The van der Waals surface area contributed by atoms with Crippen molar-refractivity contribution in [1.29, 1.82) is 0 Å². The number of aromatic nitrogens is 3. The van der Waals surface area contributed by atoms with Crippen LogP contribution in [0.3, 0.4) is 0 Å². The first-order valence-corrected chi connectivity index (χ1v) is 13.2. The van der Waals surface area contributed by atoms with Gasteiger partial charge in [-0.15, -0.1) is 21.5 Å². The van der Waals surface area contributed by atoms with E-state index in [2.05, 4.69) is 27.6 Å². The number of esters is 1. The summed E-state index contributed by atoms with van der Waals surface area (Å²) in [6, 6.07) is 30.0. The van der Waals surface area contributed by atoms with Crippen molar-refractivity contribution in [2.75, 3.05) is 11.9 Å². The van der Waals surface area contributed by atoms with Crippen LogP contribution in [-0.4, -0.2) is 27.8 Å². The van der Waals surface area contributed by atoms with Crippen LogP contribution >= 0.6 is 11.3 Å². The Morgan fingerprint density at radius 1 is 0.895 bits per heavy atom. The maximum absolute atomic E-state index is 13.0. The van der Waals surface area contributed by atoms with Crippen LogP contribution in [0.4, 0.5) is 11.5 Å². The molecule has 0 unspecified atom stereocenters. The zero-order valence-corrected chi connectivity index (χ0v) is 21.8. The summed E-state index contributed by atoms with van der Waals surface area (Å²) in [5.74, 6) is 0.0184. The quantitative estimate of drug-likeness (QED) is 0.228. The Morgan fingerprint density at radius 3 is 2.26 bits per heavy atom. The predicted molar refractivity (Wildman–Crippen MR) is 154 cm³/mol. The highest BCUT2D eigenvalue weighted by atomic mass is 32.1. The monoisotopic (exact) mass is 516 g/mol. The molecule has 1 N–H and O–H groups in total. The third-order valence-corrected chi connectivity index (χ3v) is 7.30. The molecule has 0 saturated heterocycles. The van der Waals surface area contributed by atoms with E-state index in [0.29, 0.717) is 11.4 Å². The Hall–Kier alpha value is -4.62. The predicted octanol–water partition coefficient (Wildman–Crippen LogP) is 7.80. The number of nitrogens with one attached hydrogen (secondary N) is 1. The van der Waals surface area contributed by atoms with E-state index in [1.54, 1.807) is 6.92 Å². The number of carbonyl (C=O) groups excluding carboxylic acids is 1. The summed E-state index contributed by atoms with van der Waals surface area (Å²) in [5.41, 5.74) is 6.87. The van der Waals surface area contributed by atoms with E-state index >= 15 is 0 Å². The molecular formula is C31H24N4O2S. The number of rotatable bonds is 6. The molecule has 186 valence electrons. The lowest BCUT2D eigenvalue weighted by molar-refractivity contribution is 0.0527. The largest absolute Gasteiger partial charge is 0.462 e. The van der Waals surface area contributed by atoms with Gasteiger partial charge in [-0.2, -0.15) is 0 Å². The minimum Gasteiger partial charge on any atom is -0.462 e. The highest BCUT2D eigenvalue weighted by molar-refractivity contribution is 7.25. The summed E-state index contributed by atoms with van der Waals surface area (Å²) in [5, 5.41) is 13.5. The third-order valence-electron chi connectivity index (χ3n) is 6.29. The van der Waals surface area contributed by atoms with Gasteiger partial charge in [-0.25, -0.2) is 9.78 Å². The molecule has 7 heteroatoms. The molecule has 0 aliphatic rings. The van der Waals surface area contributed by atoms with Crippen molar-refractivity contribution in [3.8, 4) is 22.4 Å². The van der Waals surface area contributed by atoms with E-state index in [-0.39, 0.29) is 6.61 Å². The molecule has 0 bridgehead atoms. The van der Waals surface area contributed by atoms with Gasteiger partial charge in [-0.3, -0.25) is 0 Å². The molecule has 0 aliphatic heterocycles. The summed E-state index contributed by atoms with van der Waals surface area (Å²) in [4.78, 5) is 18.8. The van der Waals surface area contributed by atoms with E-state index in [4.69, 9.17) is 9.72 Å². The zero-order valence-electron chi connectivity index (χ0n) is 20.9. The second-order valence-electron chi connectivity index (χ2n) is 8.88. The van der Waals surface area contributed by atoms with Crippen molar-refractivity contribution >= 4 is 49.2 Å². The van der Waals surface area contributed by atoms with Crippen molar-refractivity contribution in [3.05, 3.63) is 102 Å². The molecule has 0 spiro atoms. The fourth-order valence-corrected chi connectivity index (χ4v) is 5.50. The molecule has 0 radical (unpaired) electrons. The first kappa shape index (κ1) is 23.8. The summed E-state index contributed by atoms with van der Waals surface area (Å²) in [6.07, 6.45) is 0. The zero-order chi connectivity index (χ0) is 26.1. The van der Waals surface area contributed by atoms with Crippen molar-refractivity contribution in [1.82, 2.24) is 15.2 Å². The molecule has 3 aromatic carbocycles. The SMILES string of the molecule is CCOC(=O)c1cc2sc3nnc(-c4ccccc4)c(-c4ccccc4)c3c2nc1Nc1ccc(C)cc1. The van der Waals surface area contributed by atoms with Gasteiger partial charge in [-0.05, 0) is 37.6 Å². The van der Waals surface area contributed by atoms with Gasteiger partial charge in [0.15, 0.2) is 0 Å². The first-order chi connectivity index (χ1) is 18.6. The van der Waals surface area contributed by atoms with Gasteiger partial charge in [-0.1, -0.05) is 78.4 Å². The highest BCUT2D eigenvalue weighted by Gasteiger charge is 2.23. The summed E-state index contributed by atoms with van der Waals surface area (Å²) >= 11 is 1.47. The maximum Gasteiger partial charge on any atom is 0.341 e. The molecule has 38 heavy (non-hydrogen) atoms. The number of hydrogen-bond acceptors (Lipinski definition) is 7. The van der Waals surface area contributed by atoms with Gasteiger partial charge in [0.2, 0.25) is 0 Å². The number of nitrogens with zero attached hydrogens (tertiary/aromatic N) is 3. The minimum absolute atomic E-state index is 0.275. The van der Waals surface area contributed by atoms with Crippen LogP contribution in [0.25, 0.3) is 42.8 Å². The second kappa shape index (κ2) is 10.0. The van der Waals surface area contributed by atoms with Gasteiger partial charge >= 0.3 is 5.97 Å². The lowest BCUT2D eigenvalue weighted by Crippen LogP contribution is -2.09.